The van der Waals surface area contributed by atoms with Crippen LogP contribution in [0.15, 0.2) is 0 Å². The van der Waals surface area contributed by atoms with Gasteiger partial charge in [0.15, 0.2) is 6.04 Å². The highest BCUT2D eigenvalue weighted by molar-refractivity contribution is 5.95. The van der Waals surface area contributed by atoms with Gasteiger partial charge < -0.3 is 30.3 Å². The Labute approximate surface area is 189 Å². The molecule has 4 atom stereocenters. The topological polar surface area (TPSA) is 128 Å². The Balaban J connectivity index is 1.64. The highest BCUT2D eigenvalue weighted by Crippen LogP contribution is 2.26. The number of amides is 3. The maximum Gasteiger partial charge on any atom is 0.328 e. The quantitative estimate of drug-likeness (QED) is 0.500. The lowest BCUT2D eigenvalue weighted by Gasteiger charge is -2.32. The Hall–Kier alpha value is -2.20. The smallest absolute Gasteiger partial charge is 0.328 e. The van der Waals surface area contributed by atoms with Gasteiger partial charge >= 0.3 is 5.97 Å². The van der Waals surface area contributed by atoms with Gasteiger partial charge in [0.2, 0.25) is 17.7 Å². The van der Waals surface area contributed by atoms with Crippen LogP contribution in [0.2, 0.25) is 0 Å². The fraction of sp³-hybridized carbons (Fsp3) is 0.818. The molecule has 0 aromatic carbocycles. The molecule has 3 amide bonds. The van der Waals surface area contributed by atoms with Crippen molar-refractivity contribution in [1.29, 1.82) is 0 Å². The number of rotatable bonds is 7. The van der Waals surface area contributed by atoms with Crippen LogP contribution in [0.25, 0.3) is 0 Å². The summed E-state index contributed by atoms with van der Waals surface area (Å²) in [5.41, 5.74) is -0.541. The maximum absolute atomic E-state index is 13.4. The molecule has 0 aliphatic carbocycles. The maximum atomic E-state index is 13.4. The summed E-state index contributed by atoms with van der Waals surface area (Å²) in [7, 11) is 0. The lowest BCUT2D eigenvalue weighted by Crippen LogP contribution is -2.56. The minimum atomic E-state index is -1.20. The average molecular weight is 453 g/mol. The summed E-state index contributed by atoms with van der Waals surface area (Å²) in [6.45, 7) is 7.03. The molecule has 10 heteroatoms. The Morgan fingerprint density at radius 1 is 1.00 bits per heavy atom. The molecule has 3 N–H and O–H groups in total. The first-order valence-electron chi connectivity index (χ1n) is 11.6. The first-order chi connectivity index (χ1) is 15.1. The molecule has 3 aliphatic heterocycles. The molecule has 0 aromatic rings. The van der Waals surface area contributed by atoms with Crippen LogP contribution in [0.3, 0.4) is 0 Å². The average Bonchev–Trinajstić information content (AvgIpc) is 3.49. The highest BCUT2D eigenvalue weighted by atomic mass is 16.5. The van der Waals surface area contributed by atoms with Crippen LogP contribution >= 0.6 is 0 Å². The van der Waals surface area contributed by atoms with E-state index < -0.39 is 35.6 Å². The van der Waals surface area contributed by atoms with Crippen LogP contribution in [0, 0.1) is 0 Å². The Kier molecular flexibility index (Phi) is 7.76. The number of nitrogens with one attached hydrogen (secondary N) is 2. The van der Waals surface area contributed by atoms with E-state index in [0.717, 1.165) is 25.8 Å². The zero-order valence-corrected chi connectivity index (χ0v) is 19.3. The van der Waals surface area contributed by atoms with Gasteiger partial charge in [-0.1, -0.05) is 0 Å². The van der Waals surface area contributed by atoms with E-state index in [1.807, 2.05) is 0 Å². The standard InChI is InChI=1S/C22H36N4O6/c1-22(2,3)32-13-15(21(30)31)24-18(27)16-8-5-11-25(16)20(29)17-9-6-12-26(17)19(28)14-7-4-10-23-14/h14-17,23H,4-13H2,1-3H3,(H,24,27)(H,30,31)/t14-,15-,16-,17-/m0/s1. The Bertz CT molecular complexity index is 730. The van der Waals surface area contributed by atoms with E-state index >= 15 is 0 Å². The molecule has 3 heterocycles. The van der Waals surface area contributed by atoms with Crippen LogP contribution in [0.4, 0.5) is 0 Å². The van der Waals surface area contributed by atoms with Gasteiger partial charge in [0, 0.05) is 13.1 Å². The van der Waals surface area contributed by atoms with Crippen molar-refractivity contribution in [2.75, 3.05) is 26.2 Å². The third-order valence-electron chi connectivity index (χ3n) is 6.32. The molecule has 10 nitrogen and oxygen atoms in total. The first kappa shape index (κ1) is 24.4. The summed E-state index contributed by atoms with van der Waals surface area (Å²) >= 11 is 0. The third kappa shape index (κ3) is 5.78. The van der Waals surface area contributed by atoms with Gasteiger partial charge in [-0.05, 0) is 65.8 Å². The van der Waals surface area contributed by atoms with Gasteiger partial charge in [-0.3, -0.25) is 14.4 Å². The largest absolute Gasteiger partial charge is 0.480 e. The molecule has 3 rings (SSSR count). The number of nitrogens with zero attached hydrogens (tertiary/aromatic N) is 2. The van der Waals surface area contributed by atoms with Crippen molar-refractivity contribution in [3.8, 4) is 0 Å². The predicted molar refractivity (Wildman–Crippen MR) is 116 cm³/mol. The predicted octanol–water partition coefficient (Wildman–Crippen LogP) is 0.105. The van der Waals surface area contributed by atoms with Gasteiger partial charge in [-0.25, -0.2) is 4.79 Å². The van der Waals surface area contributed by atoms with Crippen LogP contribution in [0.5, 0.6) is 0 Å². The molecule has 0 aromatic heterocycles. The molecule has 32 heavy (non-hydrogen) atoms. The van der Waals surface area contributed by atoms with Crippen LogP contribution in [-0.2, 0) is 23.9 Å². The van der Waals surface area contributed by atoms with Crippen molar-refractivity contribution >= 4 is 23.7 Å². The van der Waals surface area contributed by atoms with Crippen molar-refractivity contribution in [3.63, 3.8) is 0 Å². The number of ether oxygens (including phenoxy) is 1. The van der Waals surface area contributed by atoms with E-state index in [1.54, 1.807) is 25.7 Å². The van der Waals surface area contributed by atoms with Gasteiger partial charge in [0.25, 0.3) is 0 Å². The fourth-order valence-electron chi connectivity index (χ4n) is 4.65. The fourth-order valence-corrected chi connectivity index (χ4v) is 4.65. The molecule has 3 fully saturated rings. The lowest BCUT2D eigenvalue weighted by molar-refractivity contribution is -0.149. The van der Waals surface area contributed by atoms with Gasteiger partial charge in [0.05, 0.1) is 18.2 Å². The summed E-state index contributed by atoms with van der Waals surface area (Å²) in [5, 5.41) is 15.2. The van der Waals surface area contributed by atoms with Gasteiger partial charge in [-0.15, -0.1) is 0 Å². The molecule has 0 unspecified atom stereocenters. The molecular formula is C22H36N4O6. The van der Waals surface area contributed by atoms with Crippen molar-refractivity contribution in [1.82, 2.24) is 20.4 Å². The number of carboxylic acids is 1. The summed E-state index contributed by atoms with van der Waals surface area (Å²) < 4.78 is 5.53. The van der Waals surface area contributed by atoms with E-state index in [-0.39, 0.29) is 24.5 Å². The normalized spacial score (nSPS) is 26.9. The zero-order chi connectivity index (χ0) is 23.5. The van der Waals surface area contributed by atoms with Crippen molar-refractivity contribution in [3.05, 3.63) is 0 Å². The van der Waals surface area contributed by atoms with Crippen LogP contribution < -0.4 is 10.6 Å². The summed E-state index contributed by atoms with van der Waals surface area (Å²) in [4.78, 5) is 54.0. The number of aliphatic carboxylic acids is 1. The summed E-state index contributed by atoms with van der Waals surface area (Å²) in [5.74, 6) is -1.93. The minimum absolute atomic E-state index is 0.0381. The second-order valence-electron chi connectivity index (χ2n) is 9.85. The summed E-state index contributed by atoms with van der Waals surface area (Å²) in [6, 6.07) is -2.73. The number of carbonyl (C=O) groups is 4. The Morgan fingerprint density at radius 2 is 1.62 bits per heavy atom. The third-order valence-corrected chi connectivity index (χ3v) is 6.32. The van der Waals surface area contributed by atoms with E-state index in [4.69, 9.17) is 4.74 Å². The number of carbonyl (C=O) groups excluding carboxylic acids is 3. The van der Waals surface area contributed by atoms with Gasteiger partial charge in [-0.2, -0.15) is 0 Å². The van der Waals surface area contributed by atoms with E-state index in [0.29, 0.717) is 32.4 Å². The van der Waals surface area contributed by atoms with Crippen LogP contribution in [-0.4, -0.2) is 94.6 Å². The van der Waals surface area contributed by atoms with E-state index in [9.17, 15) is 24.3 Å². The van der Waals surface area contributed by atoms with Gasteiger partial charge in [0.1, 0.15) is 12.1 Å². The molecule has 0 spiro atoms. The molecule has 0 saturated carbocycles. The van der Waals surface area contributed by atoms with Crippen molar-refractivity contribution in [2.45, 2.75) is 89.1 Å². The number of carboxylic acid groups (broad SMARTS) is 1. The van der Waals surface area contributed by atoms with E-state index in [1.165, 1.54) is 4.90 Å². The Morgan fingerprint density at radius 3 is 2.19 bits per heavy atom. The second kappa shape index (κ2) is 10.2. The number of hydrogen-bond acceptors (Lipinski definition) is 6. The zero-order valence-electron chi connectivity index (χ0n) is 19.3. The number of likely N-dealkylation sites (tertiary alicyclic amines) is 2. The van der Waals surface area contributed by atoms with Crippen molar-refractivity contribution in [2.24, 2.45) is 0 Å². The van der Waals surface area contributed by atoms with Crippen molar-refractivity contribution < 1.29 is 29.0 Å². The molecule has 3 aliphatic rings. The molecule has 180 valence electrons. The first-order valence-corrected chi connectivity index (χ1v) is 11.6. The molecule has 0 radical (unpaired) electrons. The van der Waals surface area contributed by atoms with E-state index in [2.05, 4.69) is 10.6 Å². The minimum Gasteiger partial charge on any atom is -0.480 e. The summed E-state index contributed by atoms with van der Waals surface area (Å²) in [6.07, 6.45) is 4.18. The molecule has 0 bridgehead atoms. The number of hydrogen-bond donors (Lipinski definition) is 3. The SMILES string of the molecule is CC(C)(C)OC[C@H](NC(=O)[C@@H]1CCCN1C(=O)[C@@H]1CCCN1C(=O)[C@@H]1CCCN1)C(=O)O. The molecule has 3 saturated heterocycles. The van der Waals surface area contributed by atoms with Crippen LogP contribution in [0.1, 0.15) is 59.3 Å². The lowest BCUT2D eigenvalue weighted by atomic mass is 10.1. The highest BCUT2D eigenvalue weighted by Gasteiger charge is 2.44. The monoisotopic (exact) mass is 452 g/mol. The molecular weight excluding hydrogens is 416 g/mol. The second-order valence-corrected chi connectivity index (χ2v) is 9.85.